The van der Waals surface area contributed by atoms with Gasteiger partial charge in [0, 0.05) is 10.4 Å². The van der Waals surface area contributed by atoms with Crippen molar-refractivity contribution >= 4 is 22.3 Å². The molecule has 0 fully saturated rings. The van der Waals surface area contributed by atoms with Crippen LogP contribution in [-0.4, -0.2) is 43.0 Å². The Balaban J connectivity index is 0.000000195. The SMILES string of the molecule is NC(N)=NCc1ccc2c(c1)OCO2.NC(N)=NCc1ccc2c(c1)OCO2.O=S(=O)([O-])[O-]. The molecule has 2 aliphatic rings. The predicted octanol–water partition coefficient (Wildman–Crippen LogP) is -0.961. The van der Waals surface area contributed by atoms with Gasteiger partial charge in [-0.15, -0.1) is 0 Å². The monoisotopic (exact) mass is 482 g/mol. The van der Waals surface area contributed by atoms with Crippen molar-refractivity contribution in [3.05, 3.63) is 47.5 Å². The molecule has 8 N–H and O–H groups in total. The summed E-state index contributed by atoms with van der Waals surface area (Å²) in [6, 6.07) is 11.2. The number of fused-ring (bicyclic) bond motifs is 2. The second kappa shape index (κ2) is 11.6. The number of benzene rings is 2. The van der Waals surface area contributed by atoms with Gasteiger partial charge in [-0.2, -0.15) is 0 Å². The number of nitrogens with zero attached hydrogens (tertiary/aromatic N) is 2. The van der Waals surface area contributed by atoms with Crippen molar-refractivity contribution in [1.82, 2.24) is 0 Å². The van der Waals surface area contributed by atoms with Gasteiger partial charge >= 0.3 is 0 Å². The van der Waals surface area contributed by atoms with Crippen LogP contribution in [-0.2, 0) is 23.5 Å². The Hall–Kier alpha value is -3.95. The van der Waals surface area contributed by atoms with Crippen LogP contribution in [0.3, 0.4) is 0 Å². The molecule has 2 heterocycles. The van der Waals surface area contributed by atoms with Gasteiger partial charge in [-0.3, -0.25) is 8.42 Å². The van der Waals surface area contributed by atoms with Gasteiger partial charge in [0.25, 0.3) is 0 Å². The molecule has 0 saturated heterocycles. The molecule has 2 aliphatic heterocycles. The van der Waals surface area contributed by atoms with E-state index >= 15 is 0 Å². The largest absolute Gasteiger partial charge is 0.759 e. The Morgan fingerprint density at radius 1 is 0.727 bits per heavy atom. The van der Waals surface area contributed by atoms with Crippen molar-refractivity contribution in [2.75, 3.05) is 13.6 Å². The van der Waals surface area contributed by atoms with E-state index in [1.807, 2.05) is 36.4 Å². The molecular weight excluding hydrogens is 460 g/mol. The predicted molar refractivity (Wildman–Crippen MR) is 115 cm³/mol. The van der Waals surface area contributed by atoms with Crippen molar-refractivity contribution in [2.45, 2.75) is 13.1 Å². The maximum atomic E-state index is 8.52. The Labute approximate surface area is 189 Å². The average molecular weight is 482 g/mol. The lowest BCUT2D eigenvalue weighted by Gasteiger charge is -2.06. The summed E-state index contributed by atoms with van der Waals surface area (Å²) in [4.78, 5) is 7.79. The van der Waals surface area contributed by atoms with Gasteiger partial charge in [-0.25, -0.2) is 9.98 Å². The van der Waals surface area contributed by atoms with E-state index in [9.17, 15) is 0 Å². The highest BCUT2D eigenvalue weighted by atomic mass is 32.3. The molecule has 0 atom stereocenters. The molecule has 33 heavy (non-hydrogen) atoms. The highest BCUT2D eigenvalue weighted by Gasteiger charge is 2.13. The maximum absolute atomic E-state index is 8.52. The molecular formula is C18H22N6O8S-2. The molecule has 0 saturated carbocycles. The Morgan fingerprint density at radius 3 is 1.39 bits per heavy atom. The summed E-state index contributed by atoms with van der Waals surface area (Å²) in [6.07, 6.45) is 0. The zero-order valence-electron chi connectivity index (χ0n) is 17.2. The first-order chi connectivity index (χ1) is 15.5. The molecule has 0 bridgehead atoms. The standard InChI is InChI=1S/2C9H11N3O2.H2O4S/c2*10-9(11)12-4-6-1-2-7-8(3-6)14-5-13-7;1-5(2,3)4/h2*1-3H,4-5H2,(H4,10,11,12);(H2,1,2,3,4)/p-2. The third kappa shape index (κ3) is 9.81. The van der Waals surface area contributed by atoms with Crippen LogP contribution in [0, 0.1) is 0 Å². The Morgan fingerprint density at radius 2 is 1.06 bits per heavy atom. The lowest BCUT2D eigenvalue weighted by molar-refractivity contribution is 0.173. The van der Waals surface area contributed by atoms with Crippen molar-refractivity contribution in [3.8, 4) is 23.0 Å². The van der Waals surface area contributed by atoms with Gasteiger partial charge in [0.2, 0.25) is 13.6 Å². The first kappa shape index (κ1) is 25.3. The van der Waals surface area contributed by atoms with Gasteiger partial charge in [0.15, 0.2) is 34.9 Å². The highest BCUT2D eigenvalue weighted by molar-refractivity contribution is 7.79. The summed E-state index contributed by atoms with van der Waals surface area (Å²) in [5.41, 5.74) is 22.9. The molecule has 2 aromatic rings. The second-order valence-electron chi connectivity index (χ2n) is 6.27. The molecule has 15 heteroatoms. The summed E-state index contributed by atoms with van der Waals surface area (Å²) in [5, 5.41) is 0. The molecule has 0 spiro atoms. The minimum Gasteiger partial charge on any atom is -0.759 e. The lowest BCUT2D eigenvalue weighted by atomic mass is 10.2. The van der Waals surface area contributed by atoms with Crippen LogP contribution in [0.15, 0.2) is 46.4 Å². The van der Waals surface area contributed by atoms with Crippen molar-refractivity contribution < 1.29 is 36.5 Å². The van der Waals surface area contributed by atoms with Crippen molar-refractivity contribution in [3.63, 3.8) is 0 Å². The Bertz CT molecular complexity index is 1030. The fourth-order valence-electron chi connectivity index (χ4n) is 2.44. The first-order valence-corrected chi connectivity index (χ1v) is 10.4. The van der Waals surface area contributed by atoms with E-state index in [1.165, 1.54) is 0 Å². The molecule has 0 unspecified atom stereocenters. The number of hydrogen-bond donors (Lipinski definition) is 4. The number of aliphatic imine (C=N–C) groups is 2. The van der Waals surface area contributed by atoms with Crippen LogP contribution >= 0.6 is 0 Å². The van der Waals surface area contributed by atoms with Gasteiger partial charge < -0.3 is 51.0 Å². The number of hydrogen-bond acceptors (Lipinski definition) is 10. The molecule has 14 nitrogen and oxygen atoms in total. The molecule has 4 rings (SSSR count). The second-order valence-corrected chi connectivity index (χ2v) is 7.08. The molecule has 0 aliphatic carbocycles. The molecule has 0 amide bonds. The van der Waals surface area contributed by atoms with E-state index in [0.29, 0.717) is 13.1 Å². The normalized spacial score (nSPS) is 12.4. The quantitative estimate of drug-likeness (QED) is 0.178. The van der Waals surface area contributed by atoms with Crippen molar-refractivity contribution in [2.24, 2.45) is 32.9 Å². The summed E-state index contributed by atoms with van der Waals surface area (Å²) < 4.78 is 54.9. The zero-order valence-corrected chi connectivity index (χ0v) is 18.0. The van der Waals surface area contributed by atoms with E-state index in [4.69, 9.17) is 59.4 Å². The van der Waals surface area contributed by atoms with E-state index in [2.05, 4.69) is 9.98 Å². The minimum atomic E-state index is -5.17. The number of ether oxygens (including phenoxy) is 4. The first-order valence-electron chi connectivity index (χ1n) is 9.06. The van der Waals surface area contributed by atoms with Crippen LogP contribution in [0.25, 0.3) is 0 Å². The lowest BCUT2D eigenvalue weighted by Crippen LogP contribution is -2.22. The average Bonchev–Trinajstić information content (AvgIpc) is 3.38. The fraction of sp³-hybridized carbons (Fsp3) is 0.222. The number of rotatable bonds is 4. The van der Waals surface area contributed by atoms with Crippen LogP contribution in [0.5, 0.6) is 23.0 Å². The number of nitrogens with two attached hydrogens (primary N) is 4. The van der Waals surface area contributed by atoms with Crippen LogP contribution in [0.4, 0.5) is 0 Å². The van der Waals surface area contributed by atoms with E-state index < -0.39 is 10.4 Å². The van der Waals surface area contributed by atoms with Crippen LogP contribution < -0.4 is 41.9 Å². The smallest absolute Gasteiger partial charge is 0.231 e. The van der Waals surface area contributed by atoms with E-state index in [-0.39, 0.29) is 25.5 Å². The molecule has 2 aromatic carbocycles. The summed E-state index contributed by atoms with van der Waals surface area (Å²) in [7, 11) is -5.17. The third-order valence-corrected chi connectivity index (χ3v) is 3.76. The molecule has 180 valence electrons. The van der Waals surface area contributed by atoms with Crippen LogP contribution in [0.1, 0.15) is 11.1 Å². The van der Waals surface area contributed by atoms with Crippen molar-refractivity contribution in [1.29, 1.82) is 0 Å². The highest BCUT2D eigenvalue weighted by Crippen LogP contribution is 2.33. The van der Waals surface area contributed by atoms with E-state index in [1.54, 1.807) is 0 Å². The topological polar surface area (TPSA) is 246 Å². The zero-order chi connectivity index (χ0) is 24.4. The minimum absolute atomic E-state index is 0.0858. The summed E-state index contributed by atoms with van der Waals surface area (Å²) in [5.74, 6) is 3.18. The van der Waals surface area contributed by atoms with Crippen LogP contribution in [0.2, 0.25) is 0 Å². The van der Waals surface area contributed by atoms with Gasteiger partial charge in [-0.1, -0.05) is 12.1 Å². The third-order valence-electron chi connectivity index (χ3n) is 3.76. The van der Waals surface area contributed by atoms with Gasteiger partial charge in [0.1, 0.15) is 0 Å². The summed E-state index contributed by atoms with van der Waals surface area (Å²) >= 11 is 0. The fourth-order valence-corrected chi connectivity index (χ4v) is 2.44. The van der Waals surface area contributed by atoms with Gasteiger partial charge in [0.05, 0.1) is 13.1 Å². The van der Waals surface area contributed by atoms with Gasteiger partial charge in [-0.05, 0) is 35.4 Å². The Kier molecular flexibility index (Phi) is 8.90. The molecule has 0 radical (unpaired) electrons. The number of guanidine groups is 2. The summed E-state index contributed by atoms with van der Waals surface area (Å²) in [6.45, 7) is 1.47. The van der Waals surface area contributed by atoms with E-state index in [0.717, 1.165) is 34.1 Å². The molecule has 0 aromatic heterocycles. The maximum Gasteiger partial charge on any atom is 0.231 e.